The lowest BCUT2D eigenvalue weighted by Gasteiger charge is -2.22. The molecule has 0 bridgehead atoms. The number of ether oxygens (including phenoxy) is 3. The summed E-state index contributed by atoms with van der Waals surface area (Å²) in [5.74, 6) is 1.85. The van der Waals surface area contributed by atoms with Gasteiger partial charge < -0.3 is 29.7 Å². The first-order chi connectivity index (χ1) is 18.9. The summed E-state index contributed by atoms with van der Waals surface area (Å²) < 4.78 is 17.5. The average molecular weight is 530 g/mol. The zero-order valence-electron chi connectivity index (χ0n) is 22.3. The molecule has 4 aromatic rings. The monoisotopic (exact) mass is 529 g/mol. The molecule has 202 valence electrons. The number of urea groups is 1. The molecule has 0 saturated heterocycles. The Morgan fingerprint density at radius 1 is 0.846 bits per heavy atom. The van der Waals surface area contributed by atoms with Crippen LogP contribution in [0.1, 0.15) is 6.92 Å². The van der Waals surface area contributed by atoms with E-state index in [1.165, 1.54) is 12.0 Å². The van der Waals surface area contributed by atoms with Crippen molar-refractivity contribution in [2.24, 2.45) is 0 Å². The van der Waals surface area contributed by atoms with Gasteiger partial charge in [0.25, 0.3) is 0 Å². The van der Waals surface area contributed by atoms with E-state index in [1.54, 1.807) is 50.1 Å². The molecule has 10 heteroatoms. The van der Waals surface area contributed by atoms with E-state index in [0.717, 1.165) is 11.3 Å². The van der Waals surface area contributed by atoms with Crippen LogP contribution in [0.15, 0.2) is 78.9 Å². The van der Waals surface area contributed by atoms with Crippen LogP contribution in [-0.2, 0) is 4.79 Å². The Morgan fingerprint density at radius 2 is 1.54 bits per heavy atom. The maximum Gasteiger partial charge on any atom is 0.322 e. The largest absolute Gasteiger partial charge is 0.497 e. The molecule has 0 aliphatic carbocycles. The summed E-state index contributed by atoms with van der Waals surface area (Å²) in [4.78, 5) is 27.5. The Labute approximate surface area is 227 Å². The van der Waals surface area contributed by atoms with Gasteiger partial charge in [-0.1, -0.05) is 30.3 Å². The zero-order valence-corrected chi connectivity index (χ0v) is 22.3. The summed E-state index contributed by atoms with van der Waals surface area (Å²) in [5, 5.41) is 10.4. The molecule has 0 unspecified atom stereocenters. The first kappa shape index (κ1) is 27.1. The third-order valence-electron chi connectivity index (χ3n) is 6.02. The lowest BCUT2D eigenvalue weighted by Crippen LogP contribution is -2.40. The van der Waals surface area contributed by atoms with E-state index in [1.807, 2.05) is 54.6 Å². The summed E-state index contributed by atoms with van der Waals surface area (Å²) in [7, 11) is 4.65. The van der Waals surface area contributed by atoms with Gasteiger partial charge in [0.05, 0.1) is 38.4 Å². The second-order valence-electron chi connectivity index (χ2n) is 8.45. The predicted octanol–water partition coefficient (Wildman–Crippen LogP) is 5.06. The summed E-state index contributed by atoms with van der Waals surface area (Å²) in [5.41, 5.74) is 2.80. The van der Waals surface area contributed by atoms with E-state index in [2.05, 4.69) is 10.6 Å². The van der Waals surface area contributed by atoms with Crippen LogP contribution in [0.3, 0.4) is 0 Å². The molecule has 0 saturated carbocycles. The quantitative estimate of drug-likeness (QED) is 0.298. The van der Waals surface area contributed by atoms with Crippen molar-refractivity contribution in [3.63, 3.8) is 0 Å². The van der Waals surface area contributed by atoms with Gasteiger partial charge in [-0.25, -0.2) is 9.48 Å². The van der Waals surface area contributed by atoms with Crippen LogP contribution in [0.25, 0.3) is 16.9 Å². The van der Waals surface area contributed by atoms with Gasteiger partial charge in [0.15, 0.2) is 0 Å². The van der Waals surface area contributed by atoms with Crippen LogP contribution in [0.5, 0.6) is 17.2 Å². The summed E-state index contributed by atoms with van der Waals surface area (Å²) >= 11 is 0. The van der Waals surface area contributed by atoms with Gasteiger partial charge in [0, 0.05) is 24.2 Å². The summed E-state index contributed by atoms with van der Waals surface area (Å²) in [6.45, 7) is 1.94. The van der Waals surface area contributed by atoms with Crippen LogP contribution in [0.4, 0.5) is 16.3 Å². The molecule has 0 aliphatic rings. The van der Waals surface area contributed by atoms with Crippen LogP contribution in [-0.4, -0.2) is 61.0 Å². The van der Waals surface area contributed by atoms with Gasteiger partial charge in [-0.15, -0.1) is 0 Å². The lowest BCUT2D eigenvalue weighted by atomic mass is 10.1. The molecule has 0 atom stereocenters. The third kappa shape index (κ3) is 6.48. The van der Waals surface area contributed by atoms with Gasteiger partial charge in [-0.05, 0) is 43.3 Å². The van der Waals surface area contributed by atoms with Crippen LogP contribution in [0.2, 0.25) is 0 Å². The maximum atomic E-state index is 13.1. The Kier molecular flexibility index (Phi) is 8.67. The van der Waals surface area contributed by atoms with E-state index in [4.69, 9.17) is 19.3 Å². The van der Waals surface area contributed by atoms with E-state index in [-0.39, 0.29) is 12.5 Å². The van der Waals surface area contributed by atoms with Crippen molar-refractivity contribution in [2.45, 2.75) is 6.92 Å². The molecule has 39 heavy (non-hydrogen) atoms. The van der Waals surface area contributed by atoms with Crippen LogP contribution in [0, 0.1) is 0 Å². The molecule has 2 N–H and O–H groups in total. The predicted molar refractivity (Wildman–Crippen MR) is 150 cm³/mol. The van der Waals surface area contributed by atoms with E-state index in [0.29, 0.717) is 41.0 Å². The molecule has 1 aromatic heterocycles. The number of nitrogens with one attached hydrogen (secondary N) is 2. The second-order valence-corrected chi connectivity index (χ2v) is 8.45. The number of anilines is 2. The van der Waals surface area contributed by atoms with Crippen molar-refractivity contribution >= 4 is 23.4 Å². The topological polar surface area (TPSA) is 107 Å². The minimum absolute atomic E-state index is 0.171. The van der Waals surface area contributed by atoms with Gasteiger partial charge in [-0.3, -0.25) is 4.79 Å². The molecule has 0 aliphatic heterocycles. The highest BCUT2D eigenvalue weighted by Crippen LogP contribution is 2.29. The molecule has 0 radical (unpaired) electrons. The maximum absolute atomic E-state index is 13.1. The number of amides is 3. The van der Waals surface area contributed by atoms with Crippen molar-refractivity contribution in [2.75, 3.05) is 45.1 Å². The van der Waals surface area contributed by atoms with Crippen molar-refractivity contribution in [3.05, 3.63) is 78.9 Å². The van der Waals surface area contributed by atoms with Gasteiger partial charge >= 0.3 is 6.03 Å². The van der Waals surface area contributed by atoms with Crippen LogP contribution < -0.4 is 24.8 Å². The Bertz CT molecular complexity index is 1420. The summed E-state index contributed by atoms with van der Waals surface area (Å²) in [6, 6.07) is 23.4. The average Bonchev–Trinajstić information content (AvgIpc) is 3.40. The number of nitrogens with zero attached hydrogens (tertiary/aromatic N) is 3. The minimum Gasteiger partial charge on any atom is -0.497 e. The Hall–Kier alpha value is -4.99. The molecule has 3 aromatic carbocycles. The van der Waals surface area contributed by atoms with Gasteiger partial charge in [-0.2, -0.15) is 5.10 Å². The van der Waals surface area contributed by atoms with Gasteiger partial charge in [0.2, 0.25) is 5.91 Å². The molecule has 0 spiro atoms. The first-order valence-electron chi connectivity index (χ1n) is 12.3. The van der Waals surface area contributed by atoms with Gasteiger partial charge in [0.1, 0.15) is 29.6 Å². The van der Waals surface area contributed by atoms with Crippen LogP contribution >= 0.6 is 0 Å². The number of hydrogen-bond acceptors (Lipinski definition) is 6. The fourth-order valence-corrected chi connectivity index (χ4v) is 3.92. The number of carbonyl (C=O) groups is 2. The van der Waals surface area contributed by atoms with Crippen molar-refractivity contribution in [1.82, 2.24) is 14.7 Å². The number of hydrogen-bond donors (Lipinski definition) is 2. The molecule has 1 heterocycles. The first-order valence-corrected chi connectivity index (χ1v) is 12.3. The minimum atomic E-state index is -0.440. The molecule has 10 nitrogen and oxygen atoms in total. The smallest absolute Gasteiger partial charge is 0.322 e. The second kappa shape index (κ2) is 12.5. The normalized spacial score (nSPS) is 10.5. The number of benzene rings is 3. The van der Waals surface area contributed by atoms with Crippen molar-refractivity contribution < 1.29 is 23.8 Å². The zero-order chi connectivity index (χ0) is 27.8. The van der Waals surface area contributed by atoms with E-state index >= 15 is 0 Å². The molecular weight excluding hydrogens is 498 g/mol. The number of rotatable bonds is 10. The fourth-order valence-electron chi connectivity index (χ4n) is 3.92. The third-order valence-corrected chi connectivity index (χ3v) is 6.02. The highest BCUT2D eigenvalue weighted by atomic mass is 16.5. The number of likely N-dealkylation sites (N-methyl/N-ethyl adjacent to an activating group) is 1. The Morgan fingerprint density at radius 3 is 2.18 bits per heavy atom. The van der Waals surface area contributed by atoms with E-state index < -0.39 is 6.03 Å². The standard InChI is InChI=1S/C29H31N5O5/c1-5-33(29(36)30-24-16-15-23(38-3)17-26(24)39-4)19-28(35)31-27-18-25(20-9-7-6-8-10-20)32-34(27)21-11-13-22(37-2)14-12-21/h6-18H,5,19H2,1-4H3,(H,30,36)(H,31,35). The highest BCUT2D eigenvalue weighted by Gasteiger charge is 2.20. The lowest BCUT2D eigenvalue weighted by molar-refractivity contribution is -0.116. The SMILES string of the molecule is CCN(CC(=O)Nc1cc(-c2ccccc2)nn1-c1ccc(OC)cc1)C(=O)Nc1ccc(OC)cc1OC. The molecule has 4 rings (SSSR count). The fraction of sp³-hybridized carbons (Fsp3) is 0.207. The highest BCUT2D eigenvalue weighted by molar-refractivity contribution is 5.97. The van der Waals surface area contributed by atoms with E-state index in [9.17, 15) is 9.59 Å². The Balaban J connectivity index is 1.53. The molecule has 3 amide bonds. The number of carbonyl (C=O) groups excluding carboxylic acids is 2. The molecule has 0 fully saturated rings. The number of aromatic nitrogens is 2. The van der Waals surface area contributed by atoms with Crippen molar-refractivity contribution in [1.29, 1.82) is 0 Å². The molecular formula is C29H31N5O5. The number of methoxy groups -OCH3 is 3. The summed E-state index contributed by atoms with van der Waals surface area (Å²) in [6.07, 6.45) is 0. The van der Waals surface area contributed by atoms with Crippen molar-refractivity contribution in [3.8, 4) is 34.2 Å².